The van der Waals surface area contributed by atoms with Crippen LogP contribution >= 0.6 is 0 Å². The number of para-hydroxylation sites is 1. The molecule has 0 aliphatic heterocycles. The highest BCUT2D eigenvalue weighted by molar-refractivity contribution is 6.06. The van der Waals surface area contributed by atoms with Crippen molar-refractivity contribution in [2.24, 2.45) is 0 Å². The monoisotopic (exact) mass is 432 g/mol. The molecule has 4 aromatic carbocycles. The summed E-state index contributed by atoms with van der Waals surface area (Å²) in [5.41, 5.74) is 5.00. The second kappa shape index (κ2) is 8.80. The Kier molecular flexibility index (Phi) is 5.39. The highest BCUT2D eigenvalue weighted by Crippen LogP contribution is 2.23. The largest absolute Gasteiger partial charge is 0.338 e. The number of anilines is 2. The number of aromatic nitrogens is 2. The third-order valence-electron chi connectivity index (χ3n) is 5.23. The standard InChI is InChI=1S/C27H20N4O2/c32-26(19-7-3-1-4-8-19)29-22-14-11-18(12-15-22)25-30-23-16-13-20(17-24(23)31-25)27(33)28-21-9-5-2-6-10-21/h1-17H,(H,28,33)(H,29,32)(H,30,31). The number of carbonyl (C=O) groups excluding carboxylic acids is 2. The van der Waals surface area contributed by atoms with E-state index in [-0.39, 0.29) is 11.8 Å². The van der Waals surface area contributed by atoms with Gasteiger partial charge in [-0.15, -0.1) is 0 Å². The summed E-state index contributed by atoms with van der Waals surface area (Å²) in [4.78, 5) is 32.8. The summed E-state index contributed by atoms with van der Waals surface area (Å²) < 4.78 is 0. The molecule has 160 valence electrons. The number of hydrogen-bond donors (Lipinski definition) is 3. The molecule has 0 unspecified atom stereocenters. The summed E-state index contributed by atoms with van der Waals surface area (Å²) in [5, 5.41) is 5.78. The van der Waals surface area contributed by atoms with Gasteiger partial charge in [0.2, 0.25) is 0 Å². The number of nitrogens with one attached hydrogen (secondary N) is 3. The SMILES string of the molecule is O=C(Nc1ccc(-c2nc3ccc(C(=O)Nc4ccccc4)cc3[nH]2)cc1)c1ccccc1. The Morgan fingerprint density at radius 2 is 1.24 bits per heavy atom. The summed E-state index contributed by atoms with van der Waals surface area (Å²) in [6.45, 7) is 0. The summed E-state index contributed by atoms with van der Waals surface area (Å²) in [6, 6.07) is 31.2. The number of fused-ring (bicyclic) bond motifs is 1. The first-order chi connectivity index (χ1) is 16.2. The molecule has 0 aliphatic carbocycles. The van der Waals surface area contributed by atoms with Crippen molar-refractivity contribution < 1.29 is 9.59 Å². The van der Waals surface area contributed by atoms with Crippen molar-refractivity contribution in [1.29, 1.82) is 0 Å². The summed E-state index contributed by atoms with van der Waals surface area (Å²) in [5.74, 6) is 0.345. The predicted octanol–water partition coefficient (Wildman–Crippen LogP) is 5.73. The quantitative estimate of drug-likeness (QED) is 0.331. The van der Waals surface area contributed by atoms with E-state index in [2.05, 4.69) is 20.6 Å². The number of hydrogen-bond acceptors (Lipinski definition) is 3. The molecule has 0 aliphatic rings. The van der Waals surface area contributed by atoms with Crippen LogP contribution in [0.15, 0.2) is 103 Å². The molecule has 0 atom stereocenters. The Balaban J connectivity index is 1.32. The van der Waals surface area contributed by atoms with Crippen LogP contribution in [0.3, 0.4) is 0 Å². The Bertz CT molecular complexity index is 1430. The summed E-state index contributed by atoms with van der Waals surface area (Å²) in [6.07, 6.45) is 0. The third kappa shape index (κ3) is 4.50. The molecule has 0 fully saturated rings. The second-order valence-electron chi connectivity index (χ2n) is 7.53. The van der Waals surface area contributed by atoms with Gasteiger partial charge in [0.1, 0.15) is 5.82 Å². The average Bonchev–Trinajstić information content (AvgIpc) is 3.29. The minimum absolute atomic E-state index is 0.159. The lowest BCUT2D eigenvalue weighted by molar-refractivity contribution is 0.101. The predicted molar refractivity (Wildman–Crippen MR) is 130 cm³/mol. The van der Waals surface area contributed by atoms with E-state index in [1.54, 1.807) is 24.3 Å². The van der Waals surface area contributed by atoms with Crippen LogP contribution in [0, 0.1) is 0 Å². The van der Waals surface area contributed by atoms with Crippen molar-refractivity contribution in [3.8, 4) is 11.4 Å². The number of H-pyrrole nitrogens is 1. The van der Waals surface area contributed by atoms with Crippen molar-refractivity contribution in [1.82, 2.24) is 9.97 Å². The Hall–Kier alpha value is -4.71. The van der Waals surface area contributed by atoms with Gasteiger partial charge in [-0.2, -0.15) is 0 Å². The van der Waals surface area contributed by atoms with Crippen LogP contribution in [0.25, 0.3) is 22.4 Å². The number of amides is 2. The first-order valence-corrected chi connectivity index (χ1v) is 10.5. The minimum atomic E-state index is -0.183. The van der Waals surface area contributed by atoms with Crippen LogP contribution in [0.5, 0.6) is 0 Å². The molecule has 0 saturated heterocycles. The highest BCUT2D eigenvalue weighted by Gasteiger charge is 2.11. The molecule has 0 spiro atoms. The van der Waals surface area contributed by atoms with Gasteiger partial charge in [-0.05, 0) is 66.7 Å². The normalized spacial score (nSPS) is 10.7. The van der Waals surface area contributed by atoms with E-state index in [0.29, 0.717) is 22.6 Å². The van der Waals surface area contributed by atoms with Crippen molar-refractivity contribution in [3.05, 3.63) is 114 Å². The van der Waals surface area contributed by atoms with E-state index in [1.165, 1.54) is 0 Å². The lowest BCUT2D eigenvalue weighted by Crippen LogP contribution is -2.11. The number of rotatable bonds is 5. The molecule has 5 aromatic rings. The van der Waals surface area contributed by atoms with E-state index < -0.39 is 0 Å². The highest BCUT2D eigenvalue weighted by atomic mass is 16.2. The van der Waals surface area contributed by atoms with Gasteiger partial charge in [0.15, 0.2) is 0 Å². The van der Waals surface area contributed by atoms with E-state index in [4.69, 9.17) is 0 Å². The molecule has 3 N–H and O–H groups in total. The van der Waals surface area contributed by atoms with Gasteiger partial charge in [0, 0.05) is 28.1 Å². The summed E-state index contributed by atoms with van der Waals surface area (Å²) >= 11 is 0. The zero-order valence-electron chi connectivity index (χ0n) is 17.6. The maximum atomic E-state index is 12.6. The number of carbonyl (C=O) groups is 2. The lowest BCUT2D eigenvalue weighted by atomic mass is 10.1. The van der Waals surface area contributed by atoms with Crippen LogP contribution in [0.2, 0.25) is 0 Å². The van der Waals surface area contributed by atoms with Crippen molar-refractivity contribution in [3.63, 3.8) is 0 Å². The Morgan fingerprint density at radius 3 is 1.94 bits per heavy atom. The first-order valence-electron chi connectivity index (χ1n) is 10.5. The van der Waals surface area contributed by atoms with E-state index in [1.807, 2.05) is 78.9 Å². The minimum Gasteiger partial charge on any atom is -0.338 e. The maximum Gasteiger partial charge on any atom is 0.255 e. The van der Waals surface area contributed by atoms with Gasteiger partial charge in [0.25, 0.3) is 11.8 Å². The summed E-state index contributed by atoms with van der Waals surface area (Å²) in [7, 11) is 0. The van der Waals surface area contributed by atoms with Gasteiger partial charge in [-0.1, -0.05) is 36.4 Å². The van der Waals surface area contributed by atoms with E-state index in [0.717, 1.165) is 22.3 Å². The molecule has 6 heteroatoms. The molecular formula is C27H20N4O2. The van der Waals surface area contributed by atoms with Gasteiger partial charge in [0.05, 0.1) is 11.0 Å². The second-order valence-corrected chi connectivity index (χ2v) is 7.53. The number of benzene rings is 4. The van der Waals surface area contributed by atoms with E-state index >= 15 is 0 Å². The van der Waals surface area contributed by atoms with Crippen molar-refractivity contribution in [2.45, 2.75) is 0 Å². The number of imidazole rings is 1. The maximum absolute atomic E-state index is 12.6. The smallest absolute Gasteiger partial charge is 0.255 e. The van der Waals surface area contributed by atoms with Gasteiger partial charge in [-0.25, -0.2) is 4.98 Å². The fraction of sp³-hybridized carbons (Fsp3) is 0. The average molecular weight is 432 g/mol. The van der Waals surface area contributed by atoms with Crippen LogP contribution in [0.1, 0.15) is 20.7 Å². The van der Waals surface area contributed by atoms with E-state index in [9.17, 15) is 9.59 Å². The van der Waals surface area contributed by atoms with Crippen LogP contribution in [-0.4, -0.2) is 21.8 Å². The lowest BCUT2D eigenvalue weighted by Gasteiger charge is -2.06. The third-order valence-corrected chi connectivity index (χ3v) is 5.23. The number of aromatic amines is 1. The number of nitrogens with zero attached hydrogens (tertiary/aromatic N) is 1. The Labute approximate surface area is 190 Å². The fourth-order valence-electron chi connectivity index (χ4n) is 3.52. The molecule has 0 radical (unpaired) electrons. The molecule has 0 saturated carbocycles. The fourth-order valence-corrected chi connectivity index (χ4v) is 3.52. The molecule has 1 heterocycles. The zero-order chi connectivity index (χ0) is 22.6. The molecule has 5 rings (SSSR count). The molecule has 33 heavy (non-hydrogen) atoms. The molecule has 1 aromatic heterocycles. The van der Waals surface area contributed by atoms with Crippen molar-refractivity contribution >= 4 is 34.2 Å². The van der Waals surface area contributed by atoms with Crippen LogP contribution in [-0.2, 0) is 0 Å². The molecule has 6 nitrogen and oxygen atoms in total. The van der Waals surface area contributed by atoms with Gasteiger partial charge in [-0.3, -0.25) is 9.59 Å². The molecular weight excluding hydrogens is 412 g/mol. The van der Waals surface area contributed by atoms with Gasteiger partial charge >= 0.3 is 0 Å². The van der Waals surface area contributed by atoms with Crippen LogP contribution < -0.4 is 10.6 Å². The molecule has 0 bridgehead atoms. The Morgan fingerprint density at radius 1 is 0.636 bits per heavy atom. The zero-order valence-corrected chi connectivity index (χ0v) is 17.6. The molecule has 2 amide bonds. The first kappa shape index (κ1) is 20.2. The van der Waals surface area contributed by atoms with Crippen LogP contribution in [0.4, 0.5) is 11.4 Å². The van der Waals surface area contributed by atoms with Gasteiger partial charge < -0.3 is 15.6 Å². The van der Waals surface area contributed by atoms with Crippen molar-refractivity contribution in [2.75, 3.05) is 10.6 Å². The topological polar surface area (TPSA) is 86.9 Å².